The number of fused-ring (bicyclic) bond motifs is 1. The van der Waals surface area contributed by atoms with Crippen molar-refractivity contribution in [2.45, 2.75) is 6.92 Å². The van der Waals surface area contributed by atoms with Crippen molar-refractivity contribution in [3.05, 3.63) is 88.6 Å². The van der Waals surface area contributed by atoms with Crippen LogP contribution >= 0.6 is 0 Å². The van der Waals surface area contributed by atoms with Gasteiger partial charge in [0, 0.05) is 30.9 Å². The summed E-state index contributed by atoms with van der Waals surface area (Å²) in [5.74, 6) is 0.838. The van der Waals surface area contributed by atoms with Crippen LogP contribution in [0.5, 0.6) is 11.5 Å². The van der Waals surface area contributed by atoms with E-state index >= 15 is 0 Å². The molecule has 2 N–H and O–H groups in total. The summed E-state index contributed by atoms with van der Waals surface area (Å²) < 4.78 is 11.3. The number of benzene rings is 2. The third-order valence-corrected chi connectivity index (χ3v) is 5.00. The van der Waals surface area contributed by atoms with Gasteiger partial charge in [-0.25, -0.2) is 0 Å². The number of methoxy groups -OCH3 is 1. The number of carbonyl (C=O) groups excluding carboxylic acids is 1. The summed E-state index contributed by atoms with van der Waals surface area (Å²) in [4.78, 5) is 33.4. The van der Waals surface area contributed by atoms with Crippen molar-refractivity contribution in [1.29, 1.82) is 0 Å². The first-order valence-electron chi connectivity index (χ1n) is 9.92. The second kappa shape index (κ2) is 8.89. The fourth-order valence-corrected chi connectivity index (χ4v) is 3.50. The molecule has 7 nitrogen and oxygen atoms in total. The number of nitrogens with one attached hydrogen (secondary N) is 2. The quantitative estimate of drug-likeness (QED) is 0.471. The molecule has 0 aliphatic heterocycles. The number of para-hydroxylation sites is 3. The van der Waals surface area contributed by atoms with Gasteiger partial charge in [0.2, 0.25) is 0 Å². The number of nitrogens with zero attached hydrogens (tertiary/aromatic N) is 1. The molecule has 0 atom stereocenters. The van der Waals surface area contributed by atoms with Gasteiger partial charge in [-0.15, -0.1) is 0 Å². The minimum atomic E-state index is -0.348. The number of amides is 1. The second-order valence-corrected chi connectivity index (χ2v) is 7.09. The Labute approximate surface area is 179 Å². The highest BCUT2D eigenvalue weighted by Crippen LogP contribution is 2.33. The lowest BCUT2D eigenvalue weighted by Crippen LogP contribution is -2.35. The lowest BCUT2D eigenvalue weighted by Gasteiger charge is -2.24. The van der Waals surface area contributed by atoms with E-state index in [9.17, 15) is 9.59 Å². The highest BCUT2D eigenvalue weighted by atomic mass is 16.5. The monoisotopic (exact) mass is 417 g/mol. The first-order valence-corrected chi connectivity index (χ1v) is 9.92. The molecule has 31 heavy (non-hydrogen) atoms. The molecule has 0 saturated carbocycles. The number of hydrogen-bond donors (Lipinski definition) is 2. The van der Waals surface area contributed by atoms with E-state index in [4.69, 9.17) is 9.47 Å². The van der Waals surface area contributed by atoms with Gasteiger partial charge < -0.3 is 24.3 Å². The zero-order valence-corrected chi connectivity index (χ0v) is 17.3. The lowest BCUT2D eigenvalue weighted by molar-refractivity contribution is 0.0970. The zero-order valence-electron chi connectivity index (χ0n) is 17.3. The Morgan fingerprint density at radius 2 is 1.81 bits per heavy atom. The van der Waals surface area contributed by atoms with Crippen LogP contribution in [-0.4, -0.2) is 36.1 Å². The summed E-state index contributed by atoms with van der Waals surface area (Å²) in [6, 6.07) is 18.3. The smallest absolute Gasteiger partial charge is 0.274 e. The van der Waals surface area contributed by atoms with Gasteiger partial charge in [0.05, 0.1) is 17.7 Å². The lowest BCUT2D eigenvalue weighted by atomic mass is 10.2. The fourth-order valence-electron chi connectivity index (χ4n) is 3.50. The van der Waals surface area contributed by atoms with Crippen molar-refractivity contribution in [2.24, 2.45) is 0 Å². The fraction of sp³-hybridized carbons (Fsp3) is 0.167. The van der Waals surface area contributed by atoms with Gasteiger partial charge in [-0.2, -0.15) is 0 Å². The van der Waals surface area contributed by atoms with Crippen LogP contribution < -0.4 is 15.2 Å². The minimum absolute atomic E-state index is 0.196. The van der Waals surface area contributed by atoms with Crippen LogP contribution in [0.1, 0.15) is 16.2 Å². The van der Waals surface area contributed by atoms with Crippen LogP contribution in [0.4, 0.5) is 5.69 Å². The van der Waals surface area contributed by atoms with E-state index in [-0.39, 0.29) is 23.7 Å². The van der Waals surface area contributed by atoms with E-state index in [1.165, 1.54) is 0 Å². The molecule has 0 radical (unpaired) electrons. The molecule has 2 heterocycles. The average molecular weight is 417 g/mol. The molecular weight excluding hydrogens is 394 g/mol. The van der Waals surface area contributed by atoms with Crippen LogP contribution in [0.3, 0.4) is 0 Å². The predicted molar refractivity (Wildman–Crippen MR) is 120 cm³/mol. The number of pyridine rings is 1. The van der Waals surface area contributed by atoms with Crippen LogP contribution in [-0.2, 0) is 4.74 Å². The normalized spacial score (nSPS) is 10.9. The number of aromatic nitrogens is 2. The number of carbonyl (C=O) groups is 1. The Morgan fingerprint density at radius 1 is 1.06 bits per heavy atom. The van der Waals surface area contributed by atoms with Gasteiger partial charge >= 0.3 is 0 Å². The average Bonchev–Trinajstić information content (AvgIpc) is 3.17. The van der Waals surface area contributed by atoms with Crippen molar-refractivity contribution < 1.29 is 14.3 Å². The molecule has 7 heteroatoms. The first kappa shape index (κ1) is 20.4. The van der Waals surface area contributed by atoms with E-state index < -0.39 is 0 Å². The highest BCUT2D eigenvalue weighted by molar-refractivity contribution is 6.07. The Kier molecular flexibility index (Phi) is 5.86. The van der Waals surface area contributed by atoms with Crippen molar-refractivity contribution >= 4 is 22.4 Å². The topological polar surface area (TPSA) is 87.4 Å². The molecule has 0 saturated heterocycles. The number of hydrogen-bond acceptors (Lipinski definition) is 4. The van der Waals surface area contributed by atoms with E-state index in [2.05, 4.69) is 9.97 Å². The molecule has 0 aliphatic carbocycles. The molecule has 0 fully saturated rings. The number of anilines is 1. The molecule has 0 bridgehead atoms. The number of H-pyrrole nitrogens is 2. The standard InChI is InChI=1S/C24H23N3O4/c1-16-22-17(15-25-16)14-19(26-23(22)28)24(29)27(12-13-30-2)20-10-6-7-11-21(20)31-18-8-4-3-5-9-18/h3-11,14-15,25H,12-13H2,1-2H3,(H,26,28). The number of aromatic amines is 2. The summed E-state index contributed by atoms with van der Waals surface area (Å²) in [5.41, 5.74) is 1.23. The summed E-state index contributed by atoms with van der Waals surface area (Å²) >= 11 is 0. The molecule has 0 aliphatic rings. The number of aryl methyl sites for hydroxylation is 1. The predicted octanol–water partition coefficient (Wildman–Crippen LogP) is 4.25. The third-order valence-electron chi connectivity index (χ3n) is 5.00. The van der Waals surface area contributed by atoms with Gasteiger partial charge in [-0.05, 0) is 37.3 Å². The van der Waals surface area contributed by atoms with Crippen molar-refractivity contribution in [3.63, 3.8) is 0 Å². The number of rotatable bonds is 7. The second-order valence-electron chi connectivity index (χ2n) is 7.09. The van der Waals surface area contributed by atoms with E-state index in [0.717, 1.165) is 5.69 Å². The van der Waals surface area contributed by atoms with E-state index in [1.807, 2.05) is 55.5 Å². The van der Waals surface area contributed by atoms with Gasteiger partial charge in [0.15, 0.2) is 5.75 Å². The van der Waals surface area contributed by atoms with Gasteiger partial charge in [-0.3, -0.25) is 9.59 Å². The highest BCUT2D eigenvalue weighted by Gasteiger charge is 2.23. The summed E-state index contributed by atoms with van der Waals surface area (Å²) in [5, 5.41) is 1.23. The summed E-state index contributed by atoms with van der Waals surface area (Å²) in [7, 11) is 1.57. The zero-order chi connectivity index (χ0) is 21.8. The number of ether oxygens (including phenoxy) is 2. The molecule has 2 aromatic carbocycles. The largest absolute Gasteiger partial charge is 0.455 e. The molecule has 0 unspecified atom stereocenters. The molecule has 4 rings (SSSR count). The van der Waals surface area contributed by atoms with Crippen molar-refractivity contribution in [2.75, 3.05) is 25.2 Å². The molecule has 4 aromatic rings. The maximum Gasteiger partial charge on any atom is 0.274 e. The van der Waals surface area contributed by atoms with Gasteiger partial charge in [0.1, 0.15) is 11.4 Å². The maximum absolute atomic E-state index is 13.5. The molecule has 0 spiro atoms. The maximum atomic E-state index is 13.5. The van der Waals surface area contributed by atoms with E-state index in [1.54, 1.807) is 30.3 Å². The van der Waals surface area contributed by atoms with Crippen molar-refractivity contribution in [1.82, 2.24) is 9.97 Å². The summed E-state index contributed by atoms with van der Waals surface area (Å²) in [6.07, 6.45) is 1.72. The molecular formula is C24H23N3O4. The van der Waals surface area contributed by atoms with E-state index in [0.29, 0.717) is 34.6 Å². The Bertz CT molecular complexity index is 1260. The molecule has 158 valence electrons. The van der Waals surface area contributed by atoms with Crippen LogP contribution in [0.15, 0.2) is 71.7 Å². The Balaban J connectivity index is 1.75. The van der Waals surface area contributed by atoms with Crippen LogP contribution in [0, 0.1) is 6.92 Å². The van der Waals surface area contributed by atoms with Crippen LogP contribution in [0.2, 0.25) is 0 Å². The first-order chi connectivity index (χ1) is 15.1. The Hall–Kier alpha value is -3.84. The van der Waals surface area contributed by atoms with Gasteiger partial charge in [0.25, 0.3) is 11.5 Å². The minimum Gasteiger partial charge on any atom is -0.455 e. The third kappa shape index (κ3) is 4.22. The van der Waals surface area contributed by atoms with Crippen LogP contribution in [0.25, 0.3) is 10.8 Å². The molecule has 1 amide bonds. The summed E-state index contributed by atoms with van der Waals surface area (Å²) in [6.45, 7) is 2.43. The van der Waals surface area contributed by atoms with Crippen molar-refractivity contribution in [3.8, 4) is 11.5 Å². The van der Waals surface area contributed by atoms with Gasteiger partial charge in [-0.1, -0.05) is 30.3 Å². The SMILES string of the molecule is COCCN(C(=O)c1cc2c[nH]c(C)c2c(=O)[nH]1)c1ccccc1Oc1ccccc1. The Morgan fingerprint density at radius 3 is 2.58 bits per heavy atom. The molecule has 2 aromatic heterocycles.